The van der Waals surface area contributed by atoms with Gasteiger partial charge in [-0.15, -0.1) is 0 Å². The molecule has 0 bridgehead atoms. The predicted octanol–water partition coefficient (Wildman–Crippen LogP) is -0.0696. The van der Waals surface area contributed by atoms with Gasteiger partial charge in [0.05, 0.1) is 6.54 Å². The van der Waals surface area contributed by atoms with Gasteiger partial charge in [0.2, 0.25) is 11.8 Å². The Bertz CT molecular complexity index is 382. The van der Waals surface area contributed by atoms with Gasteiger partial charge in [-0.2, -0.15) is 0 Å². The molecule has 2 heterocycles. The van der Waals surface area contributed by atoms with Crippen LogP contribution in [0.5, 0.6) is 0 Å². The van der Waals surface area contributed by atoms with Crippen molar-refractivity contribution in [2.75, 3.05) is 19.6 Å². The third-order valence-corrected chi connectivity index (χ3v) is 3.77. The molecule has 0 aromatic heterocycles. The largest absolute Gasteiger partial charge is 0.480 e. The Morgan fingerprint density at radius 2 is 2.11 bits per heavy atom. The molecular formula is C12H18N2O4. The minimum Gasteiger partial charge on any atom is -0.480 e. The van der Waals surface area contributed by atoms with E-state index in [2.05, 4.69) is 0 Å². The molecule has 0 saturated carbocycles. The molecule has 0 aliphatic carbocycles. The van der Waals surface area contributed by atoms with Crippen molar-refractivity contribution in [2.24, 2.45) is 5.92 Å². The average Bonchev–Trinajstić information content (AvgIpc) is 2.86. The van der Waals surface area contributed by atoms with Crippen molar-refractivity contribution in [3.63, 3.8) is 0 Å². The topological polar surface area (TPSA) is 77.9 Å². The second-order valence-corrected chi connectivity index (χ2v) is 5.06. The molecule has 1 N–H and O–H groups in total. The van der Waals surface area contributed by atoms with E-state index in [1.54, 1.807) is 0 Å². The number of rotatable bonds is 3. The molecule has 6 nitrogen and oxygen atoms in total. The number of carbonyl (C=O) groups excluding carboxylic acids is 2. The molecule has 2 fully saturated rings. The van der Waals surface area contributed by atoms with Crippen LogP contribution in [0.25, 0.3) is 0 Å². The summed E-state index contributed by atoms with van der Waals surface area (Å²) in [5.74, 6) is -1.24. The molecule has 2 aliphatic rings. The maximum absolute atomic E-state index is 12.1. The van der Waals surface area contributed by atoms with E-state index in [1.807, 2.05) is 6.92 Å². The maximum Gasteiger partial charge on any atom is 0.326 e. The van der Waals surface area contributed by atoms with Gasteiger partial charge in [-0.1, -0.05) is 6.92 Å². The Morgan fingerprint density at radius 1 is 1.39 bits per heavy atom. The number of carboxylic acid groups (broad SMARTS) is 1. The van der Waals surface area contributed by atoms with E-state index in [0.717, 1.165) is 6.42 Å². The summed E-state index contributed by atoms with van der Waals surface area (Å²) in [6.07, 6.45) is 1.98. The third kappa shape index (κ3) is 2.32. The standard InChI is InChI=1S/C12H18N2O4/c1-8-4-6-14(11(8)12(17)18)10(16)7-13-5-2-3-9(13)15/h8,11H,2-7H2,1H3,(H,17,18). The lowest BCUT2D eigenvalue weighted by Gasteiger charge is -2.25. The molecule has 100 valence electrons. The van der Waals surface area contributed by atoms with E-state index < -0.39 is 12.0 Å². The fraction of sp³-hybridized carbons (Fsp3) is 0.750. The minimum atomic E-state index is -0.957. The highest BCUT2D eigenvalue weighted by molar-refractivity contribution is 5.89. The molecule has 0 aromatic rings. The fourth-order valence-electron chi connectivity index (χ4n) is 2.73. The van der Waals surface area contributed by atoms with Crippen LogP contribution in [0.2, 0.25) is 0 Å². The number of amides is 2. The highest BCUT2D eigenvalue weighted by Gasteiger charge is 2.40. The lowest BCUT2D eigenvalue weighted by Crippen LogP contribution is -2.47. The summed E-state index contributed by atoms with van der Waals surface area (Å²) in [5, 5.41) is 9.14. The third-order valence-electron chi connectivity index (χ3n) is 3.77. The highest BCUT2D eigenvalue weighted by atomic mass is 16.4. The molecule has 18 heavy (non-hydrogen) atoms. The van der Waals surface area contributed by atoms with E-state index >= 15 is 0 Å². The zero-order valence-corrected chi connectivity index (χ0v) is 10.5. The molecule has 2 saturated heterocycles. The number of hydrogen-bond donors (Lipinski definition) is 1. The summed E-state index contributed by atoms with van der Waals surface area (Å²) in [6.45, 7) is 2.94. The van der Waals surface area contributed by atoms with Crippen molar-refractivity contribution in [2.45, 2.75) is 32.2 Å². The summed E-state index contributed by atoms with van der Waals surface area (Å²) in [7, 11) is 0. The van der Waals surface area contributed by atoms with Gasteiger partial charge in [-0.25, -0.2) is 4.79 Å². The van der Waals surface area contributed by atoms with Crippen LogP contribution in [-0.2, 0) is 14.4 Å². The first-order valence-electron chi connectivity index (χ1n) is 6.30. The van der Waals surface area contributed by atoms with Crippen LogP contribution in [0.15, 0.2) is 0 Å². The molecule has 2 aliphatic heterocycles. The first-order chi connectivity index (χ1) is 8.50. The number of carbonyl (C=O) groups is 3. The SMILES string of the molecule is CC1CCN(C(=O)CN2CCCC2=O)C1C(=O)O. The predicted molar refractivity (Wildman–Crippen MR) is 62.7 cm³/mol. The molecule has 0 spiro atoms. The van der Waals surface area contributed by atoms with Crippen LogP contribution in [0.4, 0.5) is 0 Å². The average molecular weight is 254 g/mol. The molecule has 2 unspecified atom stereocenters. The maximum atomic E-state index is 12.1. The molecule has 2 amide bonds. The zero-order valence-electron chi connectivity index (χ0n) is 10.5. The Hall–Kier alpha value is -1.59. The Kier molecular flexibility index (Phi) is 3.54. The highest BCUT2D eigenvalue weighted by Crippen LogP contribution is 2.24. The van der Waals surface area contributed by atoms with Crippen molar-refractivity contribution in [1.29, 1.82) is 0 Å². The quantitative estimate of drug-likeness (QED) is 0.764. The fourth-order valence-corrected chi connectivity index (χ4v) is 2.73. The van der Waals surface area contributed by atoms with Gasteiger partial charge >= 0.3 is 5.97 Å². The van der Waals surface area contributed by atoms with Crippen LogP contribution in [0.3, 0.4) is 0 Å². The first kappa shape index (κ1) is 12.9. The van der Waals surface area contributed by atoms with Gasteiger partial charge in [-0.05, 0) is 18.8 Å². The Labute approximate surface area is 106 Å². The summed E-state index contributed by atoms with van der Waals surface area (Å²) < 4.78 is 0. The zero-order chi connectivity index (χ0) is 13.3. The molecule has 0 radical (unpaired) electrons. The van der Waals surface area contributed by atoms with Crippen LogP contribution >= 0.6 is 0 Å². The lowest BCUT2D eigenvalue weighted by atomic mass is 10.0. The molecule has 0 aromatic carbocycles. The van der Waals surface area contributed by atoms with Crippen LogP contribution in [0, 0.1) is 5.92 Å². The van der Waals surface area contributed by atoms with E-state index in [9.17, 15) is 14.4 Å². The minimum absolute atomic E-state index is 0.0116. The molecule has 2 atom stereocenters. The molecular weight excluding hydrogens is 236 g/mol. The van der Waals surface area contributed by atoms with Crippen LogP contribution < -0.4 is 0 Å². The Morgan fingerprint density at radius 3 is 2.67 bits per heavy atom. The number of aliphatic carboxylic acids is 1. The summed E-state index contributed by atoms with van der Waals surface area (Å²) in [4.78, 5) is 37.6. The van der Waals surface area contributed by atoms with Crippen molar-refractivity contribution in [1.82, 2.24) is 9.80 Å². The second-order valence-electron chi connectivity index (χ2n) is 5.06. The van der Waals surface area contributed by atoms with Gasteiger partial charge in [0.25, 0.3) is 0 Å². The normalized spacial score (nSPS) is 27.9. The van der Waals surface area contributed by atoms with Crippen LogP contribution in [-0.4, -0.2) is 58.4 Å². The van der Waals surface area contributed by atoms with Crippen molar-refractivity contribution >= 4 is 17.8 Å². The van der Waals surface area contributed by atoms with Crippen molar-refractivity contribution in [3.8, 4) is 0 Å². The van der Waals surface area contributed by atoms with Gasteiger partial charge in [-0.3, -0.25) is 9.59 Å². The molecule has 6 heteroatoms. The first-order valence-corrected chi connectivity index (χ1v) is 6.30. The second kappa shape index (κ2) is 4.96. The van der Waals surface area contributed by atoms with E-state index in [0.29, 0.717) is 25.9 Å². The van der Waals surface area contributed by atoms with Gasteiger partial charge in [0.1, 0.15) is 6.04 Å². The number of likely N-dealkylation sites (tertiary alicyclic amines) is 2. The van der Waals surface area contributed by atoms with E-state index in [4.69, 9.17) is 5.11 Å². The van der Waals surface area contributed by atoms with Gasteiger partial charge in [0, 0.05) is 19.5 Å². The van der Waals surface area contributed by atoms with Crippen molar-refractivity contribution in [3.05, 3.63) is 0 Å². The Balaban J connectivity index is 2.00. The number of nitrogens with zero attached hydrogens (tertiary/aromatic N) is 2. The lowest BCUT2D eigenvalue weighted by molar-refractivity contribution is -0.150. The monoisotopic (exact) mass is 254 g/mol. The van der Waals surface area contributed by atoms with Crippen molar-refractivity contribution < 1.29 is 19.5 Å². The summed E-state index contributed by atoms with van der Waals surface area (Å²) >= 11 is 0. The smallest absolute Gasteiger partial charge is 0.326 e. The van der Waals surface area contributed by atoms with Crippen LogP contribution in [0.1, 0.15) is 26.2 Å². The molecule has 2 rings (SSSR count). The number of carboxylic acids is 1. The summed E-state index contributed by atoms with van der Waals surface area (Å²) in [5.41, 5.74) is 0. The van der Waals surface area contributed by atoms with Gasteiger partial charge < -0.3 is 14.9 Å². The number of hydrogen-bond acceptors (Lipinski definition) is 3. The van der Waals surface area contributed by atoms with E-state index in [-0.39, 0.29) is 24.3 Å². The summed E-state index contributed by atoms with van der Waals surface area (Å²) in [6, 6.07) is -0.741. The van der Waals surface area contributed by atoms with Gasteiger partial charge in [0.15, 0.2) is 0 Å². The van der Waals surface area contributed by atoms with E-state index in [1.165, 1.54) is 9.80 Å².